The van der Waals surface area contributed by atoms with Crippen LogP contribution in [-0.2, 0) is 5.41 Å². The van der Waals surface area contributed by atoms with Gasteiger partial charge in [-0.1, -0.05) is 135 Å². The molecule has 0 N–H and O–H groups in total. The molecule has 42 heavy (non-hydrogen) atoms. The van der Waals surface area contributed by atoms with Gasteiger partial charge in [0.05, 0.1) is 5.69 Å². The summed E-state index contributed by atoms with van der Waals surface area (Å²) in [4.78, 5) is 2.43. The van der Waals surface area contributed by atoms with E-state index in [4.69, 9.17) is 0 Å². The van der Waals surface area contributed by atoms with E-state index in [0.29, 0.717) is 0 Å². The molecule has 0 saturated heterocycles. The van der Waals surface area contributed by atoms with Crippen molar-refractivity contribution in [2.24, 2.45) is 0 Å². The summed E-state index contributed by atoms with van der Waals surface area (Å²) in [5, 5.41) is 5.13. The van der Waals surface area contributed by atoms with E-state index in [1.807, 2.05) is 0 Å². The molecule has 8 rings (SSSR count). The van der Waals surface area contributed by atoms with Crippen LogP contribution in [0.15, 0.2) is 152 Å². The summed E-state index contributed by atoms with van der Waals surface area (Å²) in [6, 6.07) is 55.3. The predicted octanol–water partition coefficient (Wildman–Crippen LogP) is 11.4. The van der Waals surface area contributed by atoms with Gasteiger partial charge in [-0.15, -0.1) is 0 Å². The van der Waals surface area contributed by atoms with Crippen LogP contribution in [0.1, 0.15) is 25.0 Å². The van der Waals surface area contributed by atoms with E-state index in [9.17, 15) is 0 Å². The van der Waals surface area contributed by atoms with Gasteiger partial charge in [-0.05, 0) is 79.9 Å². The lowest BCUT2D eigenvalue weighted by molar-refractivity contribution is 0.666. The normalized spacial score (nSPS) is 13.2. The summed E-state index contributed by atoms with van der Waals surface area (Å²) in [7, 11) is 0. The molecule has 0 fully saturated rings. The van der Waals surface area contributed by atoms with Crippen molar-refractivity contribution in [1.82, 2.24) is 0 Å². The highest BCUT2D eigenvalue weighted by Crippen LogP contribution is 2.53. The Labute approximate surface area is 247 Å². The first kappa shape index (κ1) is 24.6. The molecule has 0 saturated carbocycles. The molecule has 7 aromatic rings. The molecule has 1 heteroatoms. The minimum Gasteiger partial charge on any atom is -0.310 e. The highest BCUT2D eigenvalue weighted by Gasteiger charge is 2.37. The lowest BCUT2D eigenvalue weighted by Gasteiger charge is -2.29. The Balaban J connectivity index is 1.35. The molecule has 0 atom stereocenters. The van der Waals surface area contributed by atoms with Crippen molar-refractivity contribution < 1.29 is 0 Å². The van der Waals surface area contributed by atoms with Crippen molar-refractivity contribution in [2.75, 3.05) is 4.90 Å². The van der Waals surface area contributed by atoms with E-state index in [0.717, 1.165) is 5.69 Å². The number of rotatable bonds is 4. The fourth-order valence-corrected chi connectivity index (χ4v) is 7.08. The van der Waals surface area contributed by atoms with Crippen molar-refractivity contribution in [3.8, 4) is 22.3 Å². The molecule has 0 spiro atoms. The van der Waals surface area contributed by atoms with Crippen LogP contribution in [0, 0.1) is 0 Å². The fraction of sp³-hybridized carbons (Fsp3) is 0.0732. The largest absolute Gasteiger partial charge is 0.310 e. The van der Waals surface area contributed by atoms with Crippen LogP contribution in [0.4, 0.5) is 17.1 Å². The molecule has 200 valence electrons. The number of hydrogen-bond donors (Lipinski definition) is 0. The van der Waals surface area contributed by atoms with Gasteiger partial charge in [-0.2, -0.15) is 0 Å². The summed E-state index contributed by atoms with van der Waals surface area (Å²) in [5.74, 6) is 0. The van der Waals surface area contributed by atoms with Crippen molar-refractivity contribution in [1.29, 1.82) is 0 Å². The van der Waals surface area contributed by atoms with Gasteiger partial charge in [0, 0.05) is 22.2 Å². The highest BCUT2D eigenvalue weighted by atomic mass is 15.1. The third-order valence-electron chi connectivity index (χ3n) is 9.02. The second-order valence-corrected chi connectivity index (χ2v) is 11.8. The lowest BCUT2D eigenvalue weighted by Crippen LogP contribution is -2.17. The zero-order valence-electron chi connectivity index (χ0n) is 23.9. The van der Waals surface area contributed by atoms with E-state index in [2.05, 4.69) is 170 Å². The van der Waals surface area contributed by atoms with Gasteiger partial charge in [0.15, 0.2) is 0 Å². The Morgan fingerprint density at radius 1 is 0.452 bits per heavy atom. The van der Waals surface area contributed by atoms with Crippen LogP contribution in [0.25, 0.3) is 43.8 Å². The van der Waals surface area contributed by atoms with Crippen LogP contribution in [0.5, 0.6) is 0 Å². The maximum absolute atomic E-state index is 2.43. The smallest absolute Gasteiger partial charge is 0.0540 e. The standard InChI is InChI=1S/C41H31N/c1-41(2)38-27-31(22-24-35(38)37-23-21-29-15-9-10-18-33(29)40(37)41)42(30-16-7-4-8-17-30)39-26-25-32(28-13-5-3-6-14-28)34-19-11-12-20-36(34)39/h3-27H,1-2H3. The van der Waals surface area contributed by atoms with E-state index in [1.165, 1.54) is 66.3 Å². The molecule has 0 unspecified atom stereocenters. The number of nitrogens with zero attached hydrogens (tertiary/aromatic N) is 1. The topological polar surface area (TPSA) is 3.24 Å². The number of fused-ring (bicyclic) bond motifs is 6. The summed E-state index contributed by atoms with van der Waals surface area (Å²) in [5.41, 5.74) is 11.3. The minimum absolute atomic E-state index is 0.122. The van der Waals surface area contributed by atoms with Crippen molar-refractivity contribution in [3.05, 3.63) is 163 Å². The molecular weight excluding hydrogens is 506 g/mol. The van der Waals surface area contributed by atoms with Gasteiger partial charge in [0.25, 0.3) is 0 Å². The van der Waals surface area contributed by atoms with E-state index in [1.54, 1.807) is 0 Å². The predicted molar refractivity (Wildman–Crippen MR) is 179 cm³/mol. The molecular formula is C41H31N. The third kappa shape index (κ3) is 3.71. The minimum atomic E-state index is -0.122. The average Bonchev–Trinajstić information content (AvgIpc) is 3.28. The highest BCUT2D eigenvalue weighted by molar-refractivity contribution is 6.06. The number of para-hydroxylation sites is 1. The molecule has 1 aliphatic rings. The quantitative estimate of drug-likeness (QED) is 0.216. The van der Waals surface area contributed by atoms with Gasteiger partial charge in [-0.3, -0.25) is 0 Å². The molecule has 1 nitrogen and oxygen atoms in total. The number of hydrogen-bond acceptors (Lipinski definition) is 1. The Bertz CT molecular complexity index is 2110. The zero-order chi connectivity index (χ0) is 28.3. The molecule has 0 heterocycles. The van der Waals surface area contributed by atoms with E-state index < -0.39 is 0 Å². The van der Waals surface area contributed by atoms with Gasteiger partial charge in [0.2, 0.25) is 0 Å². The van der Waals surface area contributed by atoms with Crippen molar-refractivity contribution in [2.45, 2.75) is 19.3 Å². The third-order valence-corrected chi connectivity index (χ3v) is 9.02. The molecule has 7 aromatic carbocycles. The lowest BCUT2D eigenvalue weighted by atomic mass is 9.80. The molecule has 0 radical (unpaired) electrons. The zero-order valence-corrected chi connectivity index (χ0v) is 23.9. The maximum atomic E-state index is 2.43. The number of anilines is 3. The Kier molecular flexibility index (Phi) is 5.55. The summed E-state index contributed by atoms with van der Waals surface area (Å²) >= 11 is 0. The van der Waals surface area contributed by atoms with Gasteiger partial charge < -0.3 is 4.90 Å². The van der Waals surface area contributed by atoms with Crippen LogP contribution in [-0.4, -0.2) is 0 Å². The van der Waals surface area contributed by atoms with E-state index in [-0.39, 0.29) is 5.41 Å². The fourth-order valence-electron chi connectivity index (χ4n) is 7.08. The maximum Gasteiger partial charge on any atom is 0.0540 e. The average molecular weight is 538 g/mol. The second kappa shape index (κ2) is 9.46. The summed E-state index contributed by atoms with van der Waals surface area (Å²) in [6.45, 7) is 4.76. The Hall–Kier alpha value is -5.14. The summed E-state index contributed by atoms with van der Waals surface area (Å²) in [6.07, 6.45) is 0. The molecule has 0 aromatic heterocycles. The first-order valence-corrected chi connectivity index (χ1v) is 14.7. The van der Waals surface area contributed by atoms with Crippen LogP contribution >= 0.6 is 0 Å². The summed E-state index contributed by atoms with van der Waals surface area (Å²) < 4.78 is 0. The first-order valence-electron chi connectivity index (χ1n) is 14.7. The SMILES string of the molecule is CC1(C)c2cc(N(c3ccccc3)c3ccc(-c4ccccc4)c4ccccc34)ccc2-c2ccc3ccccc3c21. The first-order chi connectivity index (χ1) is 20.6. The molecule has 0 bridgehead atoms. The number of benzene rings is 7. The molecule has 1 aliphatic carbocycles. The molecule has 0 amide bonds. The van der Waals surface area contributed by atoms with Crippen molar-refractivity contribution >= 4 is 38.6 Å². The van der Waals surface area contributed by atoms with Gasteiger partial charge >= 0.3 is 0 Å². The van der Waals surface area contributed by atoms with E-state index >= 15 is 0 Å². The Morgan fingerprint density at radius 2 is 1.07 bits per heavy atom. The van der Waals surface area contributed by atoms with Crippen molar-refractivity contribution in [3.63, 3.8) is 0 Å². The van der Waals surface area contributed by atoms with Crippen LogP contribution < -0.4 is 4.90 Å². The van der Waals surface area contributed by atoms with Crippen LogP contribution in [0.3, 0.4) is 0 Å². The Morgan fingerprint density at radius 3 is 1.86 bits per heavy atom. The van der Waals surface area contributed by atoms with Gasteiger partial charge in [-0.25, -0.2) is 0 Å². The monoisotopic (exact) mass is 537 g/mol. The molecule has 0 aliphatic heterocycles. The van der Waals surface area contributed by atoms with Gasteiger partial charge in [0.1, 0.15) is 0 Å². The second-order valence-electron chi connectivity index (χ2n) is 11.8. The van der Waals surface area contributed by atoms with Crippen LogP contribution in [0.2, 0.25) is 0 Å².